The van der Waals surface area contributed by atoms with Crippen LogP contribution in [-0.4, -0.2) is 30.6 Å². The van der Waals surface area contributed by atoms with Crippen LogP contribution in [-0.2, 0) is 4.79 Å². The van der Waals surface area contributed by atoms with Crippen LogP contribution >= 0.6 is 12.2 Å². The quantitative estimate of drug-likeness (QED) is 0.281. The second-order valence-corrected chi connectivity index (χ2v) is 6.04. The van der Waals surface area contributed by atoms with Crippen molar-refractivity contribution in [3.8, 4) is 11.5 Å². The van der Waals surface area contributed by atoms with Crippen LogP contribution in [0.1, 0.15) is 15.9 Å². The van der Waals surface area contributed by atoms with Gasteiger partial charge >= 0.3 is 0 Å². The molecule has 150 valence electrons. The van der Waals surface area contributed by atoms with Crippen LogP contribution < -0.4 is 25.6 Å². The number of carbonyl (C=O) groups is 2. The van der Waals surface area contributed by atoms with E-state index in [9.17, 15) is 9.59 Å². The number of nitrogens with one attached hydrogen (secondary N) is 3. The van der Waals surface area contributed by atoms with Gasteiger partial charge in [-0.05, 0) is 60.3 Å². The summed E-state index contributed by atoms with van der Waals surface area (Å²) in [6, 6.07) is 13.8. The Balaban J connectivity index is 1.77. The van der Waals surface area contributed by atoms with Crippen LogP contribution in [0, 0.1) is 0 Å². The lowest BCUT2D eigenvalue weighted by atomic mass is 10.2. The lowest BCUT2D eigenvalue weighted by Gasteiger charge is -2.10. The van der Waals surface area contributed by atoms with Gasteiger partial charge in [-0.1, -0.05) is 24.8 Å². The van der Waals surface area contributed by atoms with Crippen molar-refractivity contribution in [1.82, 2.24) is 16.2 Å². The third kappa shape index (κ3) is 7.47. The van der Waals surface area contributed by atoms with Gasteiger partial charge in [0.25, 0.3) is 5.91 Å². The molecule has 0 aliphatic heterocycles. The van der Waals surface area contributed by atoms with Gasteiger partial charge in [0, 0.05) is 11.6 Å². The van der Waals surface area contributed by atoms with Crippen LogP contribution in [0.25, 0.3) is 6.08 Å². The van der Waals surface area contributed by atoms with Gasteiger partial charge in [-0.2, -0.15) is 0 Å². The molecular formula is C21H21N3O4S. The van der Waals surface area contributed by atoms with E-state index in [4.69, 9.17) is 21.7 Å². The SMILES string of the molecule is C=CCOc1ccc(C(=O)NNC(=S)NC(=O)C=Cc2ccc(OC)cc2)cc1. The molecule has 0 atom stereocenters. The Hall–Kier alpha value is -3.65. The van der Waals surface area contributed by atoms with Crippen molar-refractivity contribution in [2.75, 3.05) is 13.7 Å². The normalized spacial score (nSPS) is 10.1. The number of rotatable bonds is 7. The Morgan fingerprint density at radius 3 is 2.31 bits per heavy atom. The second-order valence-electron chi connectivity index (χ2n) is 5.63. The molecule has 0 radical (unpaired) electrons. The molecule has 7 nitrogen and oxygen atoms in total. The number of hydrazine groups is 1. The number of hydrogen-bond donors (Lipinski definition) is 3. The van der Waals surface area contributed by atoms with Crippen molar-refractivity contribution in [3.05, 3.63) is 78.4 Å². The third-order valence-corrected chi connectivity index (χ3v) is 3.76. The molecular weight excluding hydrogens is 390 g/mol. The zero-order valence-corrected chi connectivity index (χ0v) is 16.6. The molecule has 0 aromatic heterocycles. The zero-order chi connectivity index (χ0) is 21.1. The van der Waals surface area contributed by atoms with Gasteiger partial charge in [0.2, 0.25) is 5.91 Å². The first-order chi connectivity index (χ1) is 14.0. The number of hydrogen-bond acceptors (Lipinski definition) is 5. The highest BCUT2D eigenvalue weighted by atomic mass is 32.1. The minimum Gasteiger partial charge on any atom is -0.497 e. The first kappa shape index (κ1) is 21.6. The summed E-state index contributed by atoms with van der Waals surface area (Å²) >= 11 is 4.99. The molecule has 2 aromatic rings. The smallest absolute Gasteiger partial charge is 0.269 e. The van der Waals surface area contributed by atoms with E-state index in [2.05, 4.69) is 22.7 Å². The molecule has 0 heterocycles. The molecule has 2 amide bonds. The minimum atomic E-state index is -0.434. The zero-order valence-electron chi connectivity index (χ0n) is 15.8. The van der Waals surface area contributed by atoms with Gasteiger partial charge in [-0.15, -0.1) is 0 Å². The Labute approximate surface area is 174 Å². The molecule has 0 aliphatic rings. The molecule has 0 aliphatic carbocycles. The van der Waals surface area contributed by atoms with E-state index in [-0.39, 0.29) is 5.11 Å². The highest BCUT2D eigenvalue weighted by molar-refractivity contribution is 7.80. The molecule has 8 heteroatoms. The van der Waals surface area contributed by atoms with E-state index in [1.165, 1.54) is 6.08 Å². The molecule has 2 aromatic carbocycles. The van der Waals surface area contributed by atoms with Gasteiger partial charge in [0.15, 0.2) is 5.11 Å². The molecule has 2 rings (SSSR count). The molecule has 3 N–H and O–H groups in total. The van der Waals surface area contributed by atoms with E-state index in [0.29, 0.717) is 17.9 Å². The van der Waals surface area contributed by atoms with Crippen molar-refractivity contribution in [3.63, 3.8) is 0 Å². The predicted octanol–water partition coefficient (Wildman–Crippen LogP) is 2.61. The van der Waals surface area contributed by atoms with Crippen LogP contribution in [0.5, 0.6) is 11.5 Å². The Bertz CT molecular complexity index is 893. The maximum atomic E-state index is 12.1. The van der Waals surface area contributed by atoms with Crippen molar-refractivity contribution < 1.29 is 19.1 Å². The second kappa shape index (κ2) is 11.3. The van der Waals surface area contributed by atoms with Crippen LogP contribution in [0.15, 0.2) is 67.3 Å². The standard InChI is InChI=1S/C21H21N3O4S/c1-3-14-28-18-11-7-16(8-12-18)20(26)23-24-21(29)22-19(25)13-6-15-4-9-17(27-2)10-5-15/h3-13H,1,14H2,2H3,(H,23,26)(H2,22,24,25,29). The Morgan fingerprint density at radius 1 is 1.03 bits per heavy atom. The summed E-state index contributed by atoms with van der Waals surface area (Å²) in [5.74, 6) is 0.509. The highest BCUT2D eigenvalue weighted by Crippen LogP contribution is 2.12. The monoisotopic (exact) mass is 411 g/mol. The average molecular weight is 411 g/mol. The first-order valence-electron chi connectivity index (χ1n) is 8.59. The maximum absolute atomic E-state index is 12.1. The van der Waals surface area contributed by atoms with E-state index >= 15 is 0 Å². The van der Waals surface area contributed by atoms with Crippen molar-refractivity contribution in [2.24, 2.45) is 0 Å². The summed E-state index contributed by atoms with van der Waals surface area (Å²) in [4.78, 5) is 24.0. The van der Waals surface area contributed by atoms with Crippen molar-refractivity contribution in [1.29, 1.82) is 0 Å². The summed E-state index contributed by atoms with van der Waals surface area (Å²) in [5, 5.41) is 2.40. The molecule has 0 fully saturated rings. The molecule has 0 saturated carbocycles. The van der Waals surface area contributed by atoms with Gasteiger partial charge in [-0.3, -0.25) is 25.8 Å². The van der Waals surface area contributed by atoms with Gasteiger partial charge in [0.05, 0.1) is 7.11 Å². The van der Waals surface area contributed by atoms with Crippen LogP contribution in [0.2, 0.25) is 0 Å². The number of amides is 2. The summed E-state index contributed by atoms with van der Waals surface area (Å²) in [5.41, 5.74) is 6.12. The van der Waals surface area contributed by atoms with E-state index in [1.807, 2.05) is 12.1 Å². The fraction of sp³-hybridized carbons (Fsp3) is 0.0952. The number of thiocarbonyl (C=S) groups is 1. The number of ether oxygens (including phenoxy) is 2. The van der Waals surface area contributed by atoms with Gasteiger partial charge in [-0.25, -0.2) is 0 Å². The number of benzene rings is 2. The molecule has 29 heavy (non-hydrogen) atoms. The summed E-state index contributed by atoms with van der Waals surface area (Å²) in [6.07, 6.45) is 4.59. The lowest BCUT2D eigenvalue weighted by molar-refractivity contribution is -0.115. The van der Waals surface area contributed by atoms with E-state index in [0.717, 1.165) is 11.3 Å². The highest BCUT2D eigenvalue weighted by Gasteiger charge is 2.07. The lowest BCUT2D eigenvalue weighted by Crippen LogP contribution is -2.48. The van der Waals surface area contributed by atoms with Gasteiger partial charge in [0.1, 0.15) is 18.1 Å². The number of methoxy groups -OCH3 is 1. The summed E-state index contributed by atoms with van der Waals surface area (Å²) in [6.45, 7) is 3.95. The number of carbonyl (C=O) groups excluding carboxylic acids is 2. The largest absolute Gasteiger partial charge is 0.497 e. The molecule has 0 unspecified atom stereocenters. The molecule has 0 saturated heterocycles. The molecule has 0 spiro atoms. The van der Waals surface area contributed by atoms with E-state index in [1.54, 1.807) is 55.7 Å². The fourth-order valence-corrected chi connectivity index (χ4v) is 2.27. The molecule has 0 bridgehead atoms. The fourth-order valence-electron chi connectivity index (χ4n) is 2.12. The van der Waals surface area contributed by atoms with Crippen molar-refractivity contribution >= 4 is 35.2 Å². The van der Waals surface area contributed by atoms with E-state index < -0.39 is 11.8 Å². The Kier molecular flexibility index (Phi) is 8.40. The first-order valence-corrected chi connectivity index (χ1v) is 9.00. The van der Waals surface area contributed by atoms with Gasteiger partial charge < -0.3 is 9.47 Å². The predicted molar refractivity (Wildman–Crippen MR) is 116 cm³/mol. The van der Waals surface area contributed by atoms with Crippen LogP contribution in [0.4, 0.5) is 0 Å². The maximum Gasteiger partial charge on any atom is 0.269 e. The summed E-state index contributed by atoms with van der Waals surface area (Å²) < 4.78 is 10.4. The van der Waals surface area contributed by atoms with Crippen LogP contribution in [0.3, 0.4) is 0 Å². The average Bonchev–Trinajstić information content (AvgIpc) is 2.75. The third-order valence-electron chi connectivity index (χ3n) is 3.55. The minimum absolute atomic E-state index is 0.0336. The Morgan fingerprint density at radius 2 is 1.69 bits per heavy atom. The summed E-state index contributed by atoms with van der Waals surface area (Å²) in [7, 11) is 1.58. The topological polar surface area (TPSA) is 88.7 Å². The van der Waals surface area contributed by atoms with Crippen molar-refractivity contribution in [2.45, 2.75) is 0 Å².